The monoisotopic (exact) mass is 596 g/mol. The second kappa shape index (κ2) is 12.1. The standard InChI is InChI=1S/C30H40N6O5S/c1-19-9-10-20(13-25(19)41-27-16-26(31-18-32-27)36-12-11-22(17-36)35(5)6)29(37)33-23-14-21(30(2,3)4)15-24(28(23)40-7)34-42(8,38)39/h9-10,13-16,18,22,34H,11-12,17H2,1-8H3,(H,33,37). The predicted octanol–water partition coefficient (Wildman–Crippen LogP) is 4.65. The highest BCUT2D eigenvalue weighted by atomic mass is 32.2. The quantitative estimate of drug-likeness (QED) is 0.363. The lowest BCUT2D eigenvalue weighted by Gasteiger charge is -2.24. The number of benzene rings is 2. The van der Waals surface area contributed by atoms with E-state index in [-0.39, 0.29) is 16.9 Å². The number of ether oxygens (including phenoxy) is 2. The summed E-state index contributed by atoms with van der Waals surface area (Å²) in [6, 6.07) is 10.9. The van der Waals surface area contributed by atoms with Crippen LogP contribution in [0.4, 0.5) is 17.2 Å². The summed E-state index contributed by atoms with van der Waals surface area (Å²) < 4.78 is 38.3. The van der Waals surface area contributed by atoms with Gasteiger partial charge in [0.05, 0.1) is 24.7 Å². The van der Waals surface area contributed by atoms with Gasteiger partial charge in [0, 0.05) is 30.8 Å². The number of carbonyl (C=O) groups is 1. The molecule has 0 bridgehead atoms. The summed E-state index contributed by atoms with van der Waals surface area (Å²) in [6.45, 7) is 9.65. The molecule has 0 spiro atoms. The molecule has 1 saturated heterocycles. The number of methoxy groups -OCH3 is 1. The minimum atomic E-state index is -3.60. The zero-order chi connectivity index (χ0) is 30.8. The van der Waals surface area contributed by atoms with Gasteiger partial charge in [0.2, 0.25) is 15.9 Å². The molecule has 3 aromatic rings. The summed E-state index contributed by atoms with van der Waals surface area (Å²) >= 11 is 0. The Kier molecular flexibility index (Phi) is 8.98. The van der Waals surface area contributed by atoms with E-state index < -0.39 is 15.9 Å². The van der Waals surface area contributed by atoms with Crippen molar-refractivity contribution in [1.82, 2.24) is 14.9 Å². The summed E-state index contributed by atoms with van der Waals surface area (Å²) in [5.74, 6) is 1.45. The molecule has 1 fully saturated rings. The Labute approximate surface area is 248 Å². The highest BCUT2D eigenvalue weighted by Crippen LogP contribution is 2.39. The number of sulfonamides is 1. The van der Waals surface area contributed by atoms with Gasteiger partial charge in [0.1, 0.15) is 17.9 Å². The van der Waals surface area contributed by atoms with Crippen LogP contribution in [0.15, 0.2) is 42.7 Å². The third-order valence-corrected chi connectivity index (χ3v) is 7.80. The van der Waals surface area contributed by atoms with Crippen LogP contribution in [0.2, 0.25) is 0 Å². The van der Waals surface area contributed by atoms with Gasteiger partial charge in [-0.2, -0.15) is 0 Å². The molecule has 42 heavy (non-hydrogen) atoms. The number of nitrogens with zero attached hydrogens (tertiary/aromatic N) is 4. The fraction of sp³-hybridized carbons (Fsp3) is 0.433. The molecule has 1 amide bonds. The average Bonchev–Trinajstić information content (AvgIpc) is 3.39. The minimum Gasteiger partial charge on any atom is -0.492 e. The first-order valence-corrected chi connectivity index (χ1v) is 15.6. The van der Waals surface area contributed by atoms with Crippen LogP contribution in [0, 0.1) is 6.92 Å². The van der Waals surface area contributed by atoms with E-state index in [0.717, 1.165) is 42.7 Å². The number of rotatable bonds is 9. The van der Waals surface area contributed by atoms with E-state index >= 15 is 0 Å². The molecule has 226 valence electrons. The van der Waals surface area contributed by atoms with Crippen LogP contribution in [0.3, 0.4) is 0 Å². The lowest BCUT2D eigenvalue weighted by molar-refractivity contribution is 0.102. The van der Waals surface area contributed by atoms with Crippen LogP contribution in [-0.4, -0.2) is 75.8 Å². The number of aryl methyl sites for hydroxylation is 1. The fourth-order valence-electron chi connectivity index (χ4n) is 4.74. The molecule has 0 radical (unpaired) electrons. The Morgan fingerprint density at radius 2 is 1.81 bits per heavy atom. The predicted molar refractivity (Wildman–Crippen MR) is 166 cm³/mol. The number of likely N-dealkylation sites (N-methyl/N-ethyl adjacent to an activating group) is 1. The second-order valence-electron chi connectivity index (χ2n) is 11.8. The molecule has 2 aromatic carbocycles. The molecule has 1 unspecified atom stereocenters. The van der Waals surface area contributed by atoms with E-state index in [1.54, 1.807) is 30.3 Å². The molecule has 1 atom stereocenters. The van der Waals surface area contributed by atoms with Crippen LogP contribution in [0.1, 0.15) is 48.7 Å². The van der Waals surface area contributed by atoms with Crippen LogP contribution >= 0.6 is 0 Å². The van der Waals surface area contributed by atoms with Gasteiger partial charge in [0.25, 0.3) is 5.91 Å². The van der Waals surface area contributed by atoms with E-state index in [9.17, 15) is 13.2 Å². The Morgan fingerprint density at radius 3 is 2.43 bits per heavy atom. The zero-order valence-corrected chi connectivity index (χ0v) is 26.3. The molecule has 0 aliphatic carbocycles. The summed E-state index contributed by atoms with van der Waals surface area (Å²) in [4.78, 5) is 26.6. The Balaban J connectivity index is 1.60. The van der Waals surface area contributed by atoms with Crippen LogP contribution < -0.4 is 24.4 Å². The van der Waals surface area contributed by atoms with E-state index in [1.807, 2.05) is 33.8 Å². The summed E-state index contributed by atoms with van der Waals surface area (Å²) in [5, 5.41) is 2.90. The smallest absolute Gasteiger partial charge is 0.255 e. The molecule has 12 heteroatoms. The molecule has 1 aromatic heterocycles. The topological polar surface area (TPSA) is 126 Å². The summed E-state index contributed by atoms with van der Waals surface area (Å²) in [5.41, 5.74) is 2.23. The summed E-state index contributed by atoms with van der Waals surface area (Å²) in [7, 11) is 1.98. The third-order valence-electron chi connectivity index (χ3n) is 7.21. The van der Waals surface area contributed by atoms with Crippen molar-refractivity contribution in [3.05, 3.63) is 59.4 Å². The molecule has 11 nitrogen and oxygen atoms in total. The van der Waals surface area contributed by atoms with Crippen molar-refractivity contribution in [2.24, 2.45) is 0 Å². The zero-order valence-electron chi connectivity index (χ0n) is 25.5. The molecule has 1 aliphatic rings. The van der Waals surface area contributed by atoms with Crippen molar-refractivity contribution < 1.29 is 22.7 Å². The van der Waals surface area contributed by atoms with Gasteiger partial charge in [-0.25, -0.2) is 18.4 Å². The third kappa shape index (κ3) is 7.48. The SMILES string of the molecule is COc1c(NC(=O)c2ccc(C)c(Oc3cc(N4CCC(N(C)C)C4)ncn3)c2)cc(C(C)(C)C)cc1NS(C)(=O)=O. The normalized spacial score (nSPS) is 15.5. The average molecular weight is 597 g/mol. The van der Waals surface area contributed by atoms with Gasteiger partial charge in [-0.15, -0.1) is 0 Å². The highest BCUT2D eigenvalue weighted by Gasteiger charge is 2.26. The number of aromatic nitrogens is 2. The van der Waals surface area contributed by atoms with Crippen molar-refractivity contribution in [2.45, 2.75) is 45.6 Å². The second-order valence-corrected chi connectivity index (χ2v) is 13.6. The number of amides is 1. The van der Waals surface area contributed by atoms with Crippen LogP contribution in [0.25, 0.3) is 0 Å². The number of anilines is 3. The lowest BCUT2D eigenvalue weighted by Crippen LogP contribution is -2.31. The molecular weight excluding hydrogens is 556 g/mol. The van der Waals surface area contributed by atoms with Gasteiger partial charge in [-0.05, 0) is 68.2 Å². The summed E-state index contributed by atoms with van der Waals surface area (Å²) in [6.07, 6.45) is 3.60. The maximum Gasteiger partial charge on any atom is 0.255 e. The molecule has 2 N–H and O–H groups in total. The molecule has 0 saturated carbocycles. The van der Waals surface area contributed by atoms with Gasteiger partial charge in [-0.3, -0.25) is 9.52 Å². The number of nitrogens with one attached hydrogen (secondary N) is 2. The fourth-order valence-corrected chi connectivity index (χ4v) is 5.29. The Hall–Kier alpha value is -3.90. The number of hydrogen-bond acceptors (Lipinski definition) is 9. The van der Waals surface area contributed by atoms with Crippen molar-refractivity contribution in [3.8, 4) is 17.4 Å². The van der Waals surface area contributed by atoms with Crippen molar-refractivity contribution in [1.29, 1.82) is 0 Å². The number of carbonyl (C=O) groups excluding carboxylic acids is 1. The molecule has 2 heterocycles. The molecular formula is C30H40N6O5S. The van der Waals surface area contributed by atoms with Gasteiger partial charge in [-0.1, -0.05) is 26.8 Å². The van der Waals surface area contributed by atoms with E-state index in [2.05, 4.69) is 43.9 Å². The Bertz CT molecular complexity index is 1570. The first-order valence-electron chi connectivity index (χ1n) is 13.7. The lowest BCUT2D eigenvalue weighted by atomic mass is 9.86. The van der Waals surface area contributed by atoms with Gasteiger partial charge in [0.15, 0.2) is 5.75 Å². The van der Waals surface area contributed by atoms with Gasteiger partial charge < -0.3 is 24.6 Å². The van der Waals surface area contributed by atoms with Crippen LogP contribution in [0.5, 0.6) is 17.4 Å². The maximum atomic E-state index is 13.5. The number of hydrogen-bond donors (Lipinski definition) is 2. The molecule has 4 rings (SSSR count). The van der Waals surface area contributed by atoms with Crippen molar-refractivity contribution in [2.75, 3.05) is 55.5 Å². The largest absolute Gasteiger partial charge is 0.492 e. The minimum absolute atomic E-state index is 0.206. The first kappa shape index (κ1) is 31.0. The van der Waals surface area contributed by atoms with Crippen molar-refractivity contribution in [3.63, 3.8) is 0 Å². The van der Waals surface area contributed by atoms with E-state index in [1.165, 1.54) is 13.4 Å². The maximum absolute atomic E-state index is 13.5. The van der Waals surface area contributed by atoms with Crippen LogP contribution in [-0.2, 0) is 15.4 Å². The first-order chi connectivity index (χ1) is 19.6. The van der Waals surface area contributed by atoms with Crippen molar-refractivity contribution >= 4 is 33.1 Å². The van der Waals surface area contributed by atoms with Gasteiger partial charge >= 0.3 is 0 Å². The highest BCUT2D eigenvalue weighted by molar-refractivity contribution is 7.92. The Morgan fingerprint density at radius 1 is 1.10 bits per heavy atom. The molecule has 1 aliphatic heterocycles. The van der Waals surface area contributed by atoms with E-state index in [4.69, 9.17) is 9.47 Å². The van der Waals surface area contributed by atoms with E-state index in [0.29, 0.717) is 28.9 Å².